The summed E-state index contributed by atoms with van der Waals surface area (Å²) >= 11 is 6.29. The number of carbonyl (C=O) groups excluding carboxylic acids is 1. The lowest BCUT2D eigenvalue weighted by atomic mass is 10.1. The predicted molar refractivity (Wildman–Crippen MR) is 120 cm³/mol. The molecular formula is C24H20ClFN4O. The molecule has 0 spiro atoms. The van der Waals surface area contributed by atoms with Crippen molar-refractivity contribution in [2.24, 2.45) is 0 Å². The molecule has 4 aromatic rings. The van der Waals surface area contributed by atoms with E-state index in [0.29, 0.717) is 27.8 Å². The highest BCUT2D eigenvalue weighted by molar-refractivity contribution is 6.31. The Kier molecular flexibility index (Phi) is 5.82. The molecule has 0 saturated heterocycles. The van der Waals surface area contributed by atoms with E-state index in [0.717, 1.165) is 12.0 Å². The van der Waals surface area contributed by atoms with Crippen LogP contribution < -0.4 is 5.32 Å². The highest BCUT2D eigenvalue weighted by Crippen LogP contribution is 2.27. The molecule has 0 fully saturated rings. The molecule has 4 rings (SSSR count). The molecule has 31 heavy (non-hydrogen) atoms. The minimum absolute atomic E-state index is 0.00160. The van der Waals surface area contributed by atoms with E-state index in [1.807, 2.05) is 37.3 Å². The van der Waals surface area contributed by atoms with Gasteiger partial charge in [-0.05, 0) is 73.0 Å². The van der Waals surface area contributed by atoms with Gasteiger partial charge in [-0.25, -0.2) is 14.1 Å². The van der Waals surface area contributed by atoms with Crippen LogP contribution in [0.25, 0.3) is 17.1 Å². The smallest absolute Gasteiger partial charge is 0.295 e. The molecule has 0 bridgehead atoms. The van der Waals surface area contributed by atoms with E-state index in [-0.39, 0.29) is 11.6 Å². The topological polar surface area (TPSA) is 59.8 Å². The maximum absolute atomic E-state index is 13.4. The monoisotopic (exact) mass is 434 g/mol. The van der Waals surface area contributed by atoms with Crippen molar-refractivity contribution < 1.29 is 9.18 Å². The standard InChI is InChI=1S/C24H20ClFN4O/c1-3-16-7-13-19(14-8-16)27-24(31)22-28-23(17-9-11-18(26)12-10-17)30(29-22)21-6-4-5-20(25)15(21)2/h4-14H,3H2,1-2H3,(H,27,31). The molecule has 7 heteroatoms. The summed E-state index contributed by atoms with van der Waals surface area (Å²) in [4.78, 5) is 17.3. The zero-order chi connectivity index (χ0) is 22.0. The largest absolute Gasteiger partial charge is 0.319 e. The van der Waals surface area contributed by atoms with Crippen LogP contribution in [0.2, 0.25) is 5.02 Å². The van der Waals surface area contributed by atoms with Crippen molar-refractivity contribution in [3.8, 4) is 17.1 Å². The summed E-state index contributed by atoms with van der Waals surface area (Å²) in [6.07, 6.45) is 0.917. The molecule has 1 aromatic heterocycles. The number of amides is 1. The molecule has 0 aliphatic rings. The first-order chi connectivity index (χ1) is 15.0. The Hall–Kier alpha value is -3.51. The fourth-order valence-corrected chi connectivity index (χ4v) is 3.37. The molecule has 1 heterocycles. The molecule has 156 valence electrons. The van der Waals surface area contributed by atoms with E-state index in [1.54, 1.807) is 28.9 Å². The number of nitrogens with one attached hydrogen (secondary N) is 1. The fourth-order valence-electron chi connectivity index (χ4n) is 3.20. The molecule has 0 unspecified atom stereocenters. The number of halogens is 2. The summed E-state index contributed by atoms with van der Waals surface area (Å²) in [6, 6.07) is 18.9. The van der Waals surface area contributed by atoms with E-state index < -0.39 is 5.91 Å². The van der Waals surface area contributed by atoms with Crippen molar-refractivity contribution in [2.45, 2.75) is 20.3 Å². The Morgan fingerprint density at radius 1 is 1.06 bits per heavy atom. The van der Waals surface area contributed by atoms with Gasteiger partial charge in [0, 0.05) is 16.3 Å². The van der Waals surface area contributed by atoms with Crippen LogP contribution in [-0.2, 0) is 6.42 Å². The summed E-state index contributed by atoms with van der Waals surface area (Å²) in [5.41, 5.74) is 3.93. The van der Waals surface area contributed by atoms with Crippen molar-refractivity contribution in [1.29, 1.82) is 0 Å². The second-order valence-corrected chi connectivity index (χ2v) is 7.47. The molecule has 0 aliphatic heterocycles. The van der Waals surface area contributed by atoms with Gasteiger partial charge in [0.15, 0.2) is 5.82 Å². The molecule has 3 aromatic carbocycles. The van der Waals surface area contributed by atoms with Gasteiger partial charge in [0.25, 0.3) is 5.91 Å². The minimum atomic E-state index is -0.439. The van der Waals surface area contributed by atoms with Crippen molar-refractivity contribution >= 4 is 23.2 Å². The number of nitrogens with zero attached hydrogens (tertiary/aromatic N) is 3. The molecule has 0 saturated carbocycles. The van der Waals surface area contributed by atoms with Crippen LogP contribution in [0.4, 0.5) is 10.1 Å². The van der Waals surface area contributed by atoms with E-state index in [9.17, 15) is 9.18 Å². The second kappa shape index (κ2) is 8.70. The first-order valence-electron chi connectivity index (χ1n) is 9.85. The Balaban J connectivity index is 1.76. The highest BCUT2D eigenvalue weighted by Gasteiger charge is 2.20. The highest BCUT2D eigenvalue weighted by atomic mass is 35.5. The lowest BCUT2D eigenvalue weighted by molar-refractivity contribution is 0.101. The Labute approximate surface area is 184 Å². The molecule has 0 radical (unpaired) electrons. The van der Waals surface area contributed by atoms with Gasteiger partial charge in [0.2, 0.25) is 5.82 Å². The number of hydrogen-bond acceptors (Lipinski definition) is 3. The Bertz CT molecular complexity index is 1230. The first-order valence-corrected chi connectivity index (χ1v) is 10.2. The number of anilines is 1. The summed E-state index contributed by atoms with van der Waals surface area (Å²) < 4.78 is 15.0. The summed E-state index contributed by atoms with van der Waals surface area (Å²) in [5, 5.41) is 7.85. The molecular weight excluding hydrogens is 415 g/mol. The lowest BCUT2D eigenvalue weighted by Crippen LogP contribution is -2.14. The molecule has 0 atom stereocenters. The van der Waals surface area contributed by atoms with Gasteiger partial charge >= 0.3 is 0 Å². The minimum Gasteiger partial charge on any atom is -0.319 e. The van der Waals surface area contributed by atoms with E-state index >= 15 is 0 Å². The summed E-state index contributed by atoms with van der Waals surface area (Å²) in [5.74, 6) is -0.386. The van der Waals surface area contributed by atoms with Crippen LogP contribution in [-0.4, -0.2) is 20.7 Å². The molecule has 5 nitrogen and oxygen atoms in total. The zero-order valence-corrected chi connectivity index (χ0v) is 17.8. The molecule has 1 amide bonds. The van der Waals surface area contributed by atoms with E-state index in [1.165, 1.54) is 17.7 Å². The lowest BCUT2D eigenvalue weighted by Gasteiger charge is -2.10. The van der Waals surface area contributed by atoms with E-state index in [2.05, 4.69) is 22.3 Å². The van der Waals surface area contributed by atoms with Crippen LogP contribution in [0, 0.1) is 12.7 Å². The van der Waals surface area contributed by atoms with Crippen molar-refractivity contribution in [3.05, 3.63) is 94.5 Å². The average Bonchev–Trinajstić information content (AvgIpc) is 3.22. The number of benzene rings is 3. The SMILES string of the molecule is CCc1ccc(NC(=O)c2nc(-c3ccc(F)cc3)n(-c3cccc(Cl)c3C)n2)cc1. The number of carbonyl (C=O) groups is 1. The fraction of sp³-hybridized carbons (Fsp3) is 0.125. The van der Waals surface area contributed by atoms with Crippen LogP contribution in [0.1, 0.15) is 28.7 Å². The normalized spacial score (nSPS) is 10.8. The third kappa shape index (κ3) is 4.34. The molecule has 0 aliphatic carbocycles. The number of hydrogen-bond donors (Lipinski definition) is 1. The quantitative estimate of drug-likeness (QED) is 0.428. The van der Waals surface area contributed by atoms with Crippen LogP contribution in [0.5, 0.6) is 0 Å². The summed E-state index contributed by atoms with van der Waals surface area (Å²) in [6.45, 7) is 3.93. The van der Waals surface area contributed by atoms with Crippen molar-refractivity contribution in [1.82, 2.24) is 14.8 Å². The number of rotatable bonds is 5. The summed E-state index contributed by atoms with van der Waals surface area (Å²) in [7, 11) is 0. The first kappa shape index (κ1) is 20.8. The van der Waals surface area contributed by atoms with E-state index in [4.69, 9.17) is 11.6 Å². The average molecular weight is 435 g/mol. The van der Waals surface area contributed by atoms with Crippen molar-refractivity contribution in [2.75, 3.05) is 5.32 Å². The number of aryl methyl sites for hydroxylation is 1. The van der Waals surface area contributed by atoms with Gasteiger partial charge < -0.3 is 5.32 Å². The van der Waals surface area contributed by atoms with Gasteiger partial charge in [-0.2, -0.15) is 0 Å². The van der Waals surface area contributed by atoms with Gasteiger partial charge in [0.05, 0.1) is 5.69 Å². The van der Waals surface area contributed by atoms with Gasteiger partial charge in [-0.15, -0.1) is 5.10 Å². The number of aromatic nitrogens is 3. The van der Waals surface area contributed by atoms with Crippen molar-refractivity contribution in [3.63, 3.8) is 0 Å². The maximum Gasteiger partial charge on any atom is 0.295 e. The second-order valence-electron chi connectivity index (χ2n) is 7.07. The maximum atomic E-state index is 13.4. The van der Waals surface area contributed by atoms with Crippen LogP contribution in [0.3, 0.4) is 0 Å². The Morgan fingerprint density at radius 2 is 1.77 bits per heavy atom. The zero-order valence-electron chi connectivity index (χ0n) is 17.1. The van der Waals surface area contributed by atoms with Crippen LogP contribution in [0.15, 0.2) is 66.7 Å². The van der Waals surface area contributed by atoms with Gasteiger partial charge in [-0.1, -0.05) is 36.7 Å². The van der Waals surface area contributed by atoms with Gasteiger partial charge in [0.1, 0.15) is 5.82 Å². The predicted octanol–water partition coefficient (Wildman–Crippen LogP) is 5.85. The van der Waals surface area contributed by atoms with Gasteiger partial charge in [-0.3, -0.25) is 4.79 Å². The van der Waals surface area contributed by atoms with Crippen LogP contribution >= 0.6 is 11.6 Å². The Morgan fingerprint density at radius 3 is 2.45 bits per heavy atom. The third-order valence-electron chi connectivity index (χ3n) is 5.00. The third-order valence-corrected chi connectivity index (χ3v) is 5.41. The molecule has 1 N–H and O–H groups in total.